The molecule has 1 rings (SSSR count). The van der Waals surface area contributed by atoms with E-state index >= 15 is 0 Å². The molecule has 0 fully saturated rings. The summed E-state index contributed by atoms with van der Waals surface area (Å²) in [5.41, 5.74) is 0.967. The van der Waals surface area contributed by atoms with Crippen molar-refractivity contribution in [2.45, 2.75) is 5.66 Å². The van der Waals surface area contributed by atoms with Crippen molar-refractivity contribution in [2.24, 2.45) is 0 Å². The normalized spacial score (nSPS) is 14.8. The molecule has 1 atom stereocenters. The van der Waals surface area contributed by atoms with Gasteiger partial charge in [-0.05, 0) is 32.2 Å². The van der Waals surface area contributed by atoms with E-state index in [1.807, 2.05) is 30.3 Å². The first-order valence-electron chi connectivity index (χ1n) is 5.34. The van der Waals surface area contributed by atoms with Gasteiger partial charge in [-0.2, -0.15) is 0 Å². The summed E-state index contributed by atoms with van der Waals surface area (Å²) in [6.07, 6.45) is 0.529. The summed E-state index contributed by atoms with van der Waals surface area (Å²) in [4.78, 5) is 0. The lowest BCUT2D eigenvalue weighted by atomic mass is 10.2. The Morgan fingerprint density at radius 1 is 1.00 bits per heavy atom. The van der Waals surface area contributed by atoms with E-state index in [0.717, 1.165) is 5.56 Å². The van der Waals surface area contributed by atoms with Crippen molar-refractivity contribution in [2.75, 3.05) is 32.8 Å². The first-order chi connectivity index (χ1) is 7.20. The van der Waals surface area contributed by atoms with Crippen molar-refractivity contribution < 1.29 is 9.13 Å². The van der Waals surface area contributed by atoms with Gasteiger partial charge in [-0.15, -0.1) is 0 Å². The van der Waals surface area contributed by atoms with Gasteiger partial charge >= 0.3 is 0 Å². The van der Waals surface area contributed by atoms with Crippen LogP contribution in [-0.4, -0.2) is 32.8 Å². The maximum atomic E-state index is 12.3. The van der Waals surface area contributed by atoms with Gasteiger partial charge in [-0.3, -0.25) is 0 Å². The zero-order valence-corrected chi connectivity index (χ0v) is 12.2. The van der Waals surface area contributed by atoms with E-state index in [1.54, 1.807) is 26.7 Å². The number of hydrogen-bond acceptors (Lipinski definition) is 2. The molecule has 1 aromatic rings. The summed E-state index contributed by atoms with van der Waals surface area (Å²) in [6, 6.07) is 9.76. The smallest absolute Gasteiger partial charge is 0.0894 e. The molecule has 16 heavy (non-hydrogen) atoms. The molecule has 1 unspecified atom stereocenters. The first kappa shape index (κ1) is 13.7. The predicted octanol–water partition coefficient (Wildman–Crippen LogP) is 3.97. The Labute approximate surface area is 98.2 Å². The SMILES string of the molecule is CP(C)(=O)CC(c1ccccc1)P(C)(C)=O. The minimum atomic E-state index is -2.27. The molecule has 0 radical (unpaired) electrons. The topological polar surface area (TPSA) is 34.1 Å². The molecule has 0 aromatic heterocycles. The van der Waals surface area contributed by atoms with Crippen LogP contribution in [0.3, 0.4) is 0 Å². The van der Waals surface area contributed by atoms with Crippen LogP contribution in [0.5, 0.6) is 0 Å². The molecule has 0 aliphatic rings. The van der Waals surface area contributed by atoms with Gasteiger partial charge in [-0.1, -0.05) is 30.3 Å². The first-order valence-corrected chi connectivity index (χ1v) is 10.8. The fraction of sp³-hybridized carbons (Fsp3) is 0.500. The third kappa shape index (κ3) is 4.28. The Hall–Kier alpha value is -0.320. The van der Waals surface area contributed by atoms with Crippen LogP contribution in [0.2, 0.25) is 0 Å². The summed E-state index contributed by atoms with van der Waals surface area (Å²) >= 11 is 0. The quantitative estimate of drug-likeness (QED) is 0.766. The van der Waals surface area contributed by atoms with E-state index in [4.69, 9.17) is 0 Å². The molecule has 0 heterocycles. The van der Waals surface area contributed by atoms with Gasteiger partial charge < -0.3 is 9.13 Å². The molecule has 0 spiro atoms. The lowest BCUT2D eigenvalue weighted by Crippen LogP contribution is -2.05. The monoisotopic (exact) mass is 258 g/mol. The van der Waals surface area contributed by atoms with Gasteiger partial charge in [0, 0.05) is 11.8 Å². The third-order valence-electron chi connectivity index (χ3n) is 2.55. The Morgan fingerprint density at radius 2 is 1.50 bits per heavy atom. The van der Waals surface area contributed by atoms with E-state index < -0.39 is 14.3 Å². The van der Waals surface area contributed by atoms with Gasteiger partial charge in [0.2, 0.25) is 0 Å². The summed E-state index contributed by atoms with van der Waals surface area (Å²) in [6.45, 7) is 7.08. The Kier molecular flexibility index (Phi) is 4.21. The molecule has 0 amide bonds. The fourth-order valence-electron chi connectivity index (χ4n) is 1.75. The van der Waals surface area contributed by atoms with Crippen molar-refractivity contribution in [1.29, 1.82) is 0 Å². The Bertz CT molecular complexity index is 428. The maximum absolute atomic E-state index is 12.3. The summed E-state index contributed by atoms with van der Waals surface area (Å²) in [7, 11) is -4.42. The molecule has 0 saturated heterocycles. The predicted molar refractivity (Wildman–Crippen MR) is 73.0 cm³/mol. The van der Waals surface area contributed by atoms with Crippen molar-refractivity contribution >= 4 is 14.3 Å². The van der Waals surface area contributed by atoms with E-state index in [9.17, 15) is 9.13 Å². The lowest BCUT2D eigenvalue weighted by Gasteiger charge is -2.23. The van der Waals surface area contributed by atoms with Gasteiger partial charge in [-0.25, -0.2) is 0 Å². The molecule has 0 aliphatic carbocycles. The second-order valence-corrected chi connectivity index (χ2v) is 12.1. The number of benzene rings is 1. The van der Waals surface area contributed by atoms with Gasteiger partial charge in [0.1, 0.15) is 0 Å². The minimum absolute atomic E-state index is 0.0745. The molecule has 0 saturated carbocycles. The highest BCUT2D eigenvalue weighted by molar-refractivity contribution is 7.66. The van der Waals surface area contributed by atoms with Crippen LogP contribution < -0.4 is 0 Å². The largest absolute Gasteiger partial charge is 0.324 e. The average Bonchev–Trinajstić information content (AvgIpc) is 2.13. The molecule has 0 bridgehead atoms. The number of rotatable bonds is 4. The van der Waals surface area contributed by atoms with Crippen molar-refractivity contribution in [3.63, 3.8) is 0 Å². The van der Waals surface area contributed by atoms with Crippen molar-refractivity contribution in [3.8, 4) is 0 Å². The molecule has 90 valence electrons. The Balaban J connectivity index is 3.08. The van der Waals surface area contributed by atoms with E-state index in [0.29, 0.717) is 6.16 Å². The highest BCUT2D eigenvalue weighted by Crippen LogP contribution is 2.58. The standard InChI is InChI=1S/C12H20O2P2/c1-15(2,13)10-12(16(3,4)14)11-8-6-5-7-9-11/h5-9,12H,10H2,1-4H3. The van der Waals surface area contributed by atoms with Gasteiger partial charge in [0.25, 0.3) is 0 Å². The van der Waals surface area contributed by atoms with Crippen LogP contribution >= 0.6 is 14.3 Å². The average molecular weight is 258 g/mol. The van der Waals surface area contributed by atoms with Crippen LogP contribution in [0.15, 0.2) is 30.3 Å². The second-order valence-electron chi connectivity index (χ2n) is 5.12. The van der Waals surface area contributed by atoms with E-state index in [-0.39, 0.29) is 5.66 Å². The van der Waals surface area contributed by atoms with Gasteiger partial charge in [0.05, 0.1) is 14.3 Å². The highest BCUT2D eigenvalue weighted by Gasteiger charge is 2.28. The van der Waals surface area contributed by atoms with Crippen molar-refractivity contribution in [1.82, 2.24) is 0 Å². The highest BCUT2D eigenvalue weighted by atomic mass is 31.2. The van der Waals surface area contributed by atoms with E-state index in [2.05, 4.69) is 0 Å². The molecule has 0 N–H and O–H groups in total. The van der Waals surface area contributed by atoms with Crippen molar-refractivity contribution in [3.05, 3.63) is 35.9 Å². The lowest BCUT2D eigenvalue weighted by molar-refractivity contribution is 0.569. The summed E-state index contributed by atoms with van der Waals surface area (Å²) in [5, 5.41) is 0. The van der Waals surface area contributed by atoms with Crippen LogP contribution in [0.1, 0.15) is 11.2 Å². The minimum Gasteiger partial charge on any atom is -0.324 e. The van der Waals surface area contributed by atoms with Crippen LogP contribution in [0, 0.1) is 0 Å². The zero-order chi connectivity index (χ0) is 12.4. The maximum Gasteiger partial charge on any atom is 0.0894 e. The summed E-state index contributed by atoms with van der Waals surface area (Å²) < 4.78 is 24.2. The molecule has 4 heteroatoms. The van der Waals surface area contributed by atoms with Crippen LogP contribution in [-0.2, 0) is 9.13 Å². The van der Waals surface area contributed by atoms with Gasteiger partial charge in [0.15, 0.2) is 0 Å². The van der Waals surface area contributed by atoms with Crippen LogP contribution in [0.25, 0.3) is 0 Å². The molecule has 0 aliphatic heterocycles. The Morgan fingerprint density at radius 3 is 1.88 bits per heavy atom. The summed E-state index contributed by atoms with van der Waals surface area (Å²) in [5.74, 6) is 0. The fourth-order valence-corrected chi connectivity index (χ4v) is 6.44. The molecular weight excluding hydrogens is 238 g/mol. The number of hydrogen-bond donors (Lipinski definition) is 0. The zero-order valence-electron chi connectivity index (χ0n) is 10.4. The molecule has 1 aromatic carbocycles. The molecule has 2 nitrogen and oxygen atoms in total. The second kappa shape index (κ2) is 4.90. The third-order valence-corrected chi connectivity index (χ3v) is 6.06. The van der Waals surface area contributed by atoms with Crippen LogP contribution in [0.4, 0.5) is 0 Å². The molecular formula is C12H20O2P2. The van der Waals surface area contributed by atoms with E-state index in [1.165, 1.54) is 0 Å².